The van der Waals surface area contributed by atoms with Gasteiger partial charge in [-0.3, -0.25) is 4.79 Å². The molecule has 7 nitrogen and oxygen atoms in total. The van der Waals surface area contributed by atoms with Crippen LogP contribution in [0, 0.1) is 0 Å². The van der Waals surface area contributed by atoms with Crippen molar-refractivity contribution >= 4 is 17.2 Å². The normalized spacial score (nSPS) is 10.7. The Hall–Kier alpha value is -3.74. The number of nitrogens with zero attached hydrogens (tertiary/aromatic N) is 4. The van der Waals surface area contributed by atoms with Gasteiger partial charge in [-0.25, -0.2) is 0 Å². The van der Waals surface area contributed by atoms with Crippen LogP contribution in [0.3, 0.4) is 0 Å². The fourth-order valence-corrected chi connectivity index (χ4v) is 2.87. The van der Waals surface area contributed by atoms with Gasteiger partial charge in [0.25, 0.3) is 0 Å². The molecule has 0 aliphatic heterocycles. The smallest absolute Gasteiger partial charge is 0.228 e. The van der Waals surface area contributed by atoms with Gasteiger partial charge in [0.15, 0.2) is 5.65 Å². The summed E-state index contributed by atoms with van der Waals surface area (Å²) in [5.41, 5.74) is 3.88. The number of rotatable bonds is 5. The topological polar surface area (TPSA) is 81.4 Å². The lowest BCUT2D eigenvalue weighted by atomic mass is 10.1. The van der Waals surface area contributed by atoms with E-state index in [1.54, 1.807) is 18.0 Å². The average molecular weight is 359 g/mol. The minimum Gasteiger partial charge on any atom is -0.496 e. The third kappa shape index (κ3) is 3.62. The van der Waals surface area contributed by atoms with Crippen LogP contribution in [0.25, 0.3) is 16.9 Å². The van der Waals surface area contributed by atoms with Crippen LogP contribution in [0.15, 0.2) is 67.0 Å². The number of benzene rings is 2. The van der Waals surface area contributed by atoms with Gasteiger partial charge in [-0.1, -0.05) is 30.3 Å². The van der Waals surface area contributed by atoms with Gasteiger partial charge in [-0.15, -0.1) is 10.2 Å². The number of carbonyl (C=O) groups excluding carboxylic acids is 1. The van der Waals surface area contributed by atoms with Crippen molar-refractivity contribution in [2.75, 3.05) is 12.4 Å². The SMILES string of the molecule is COc1ccccc1CC(=O)Nc1cccc(-c2ccc3nncn3n2)c1. The minimum atomic E-state index is -0.112. The lowest BCUT2D eigenvalue weighted by Crippen LogP contribution is -2.14. The lowest BCUT2D eigenvalue weighted by Gasteiger charge is -2.10. The third-order valence-corrected chi connectivity index (χ3v) is 4.15. The molecule has 0 aliphatic rings. The molecule has 134 valence electrons. The standard InChI is InChI=1S/C20H17N5O2/c1-27-18-8-3-2-5-15(18)12-20(26)22-16-7-4-6-14(11-16)17-9-10-19-23-21-13-25(19)24-17/h2-11,13H,12H2,1H3,(H,22,26). The van der Waals surface area contributed by atoms with Gasteiger partial charge < -0.3 is 10.1 Å². The van der Waals surface area contributed by atoms with Crippen molar-refractivity contribution in [1.82, 2.24) is 19.8 Å². The first-order chi connectivity index (χ1) is 13.2. The number of anilines is 1. The summed E-state index contributed by atoms with van der Waals surface area (Å²) in [6.45, 7) is 0. The highest BCUT2D eigenvalue weighted by Gasteiger charge is 2.10. The molecule has 2 heterocycles. The van der Waals surface area contributed by atoms with Crippen LogP contribution in [0.4, 0.5) is 5.69 Å². The summed E-state index contributed by atoms with van der Waals surface area (Å²) in [4.78, 5) is 12.4. The van der Waals surface area contributed by atoms with Crippen LogP contribution >= 0.6 is 0 Å². The first-order valence-electron chi connectivity index (χ1n) is 8.42. The Labute approximate surface area is 155 Å². The number of aromatic nitrogens is 4. The van der Waals surface area contributed by atoms with Gasteiger partial charge in [0.05, 0.1) is 19.2 Å². The van der Waals surface area contributed by atoms with E-state index in [-0.39, 0.29) is 12.3 Å². The first-order valence-corrected chi connectivity index (χ1v) is 8.42. The molecule has 0 atom stereocenters. The van der Waals surface area contributed by atoms with Crippen LogP contribution in [-0.4, -0.2) is 32.8 Å². The Morgan fingerprint density at radius 1 is 1.11 bits per heavy atom. The molecular weight excluding hydrogens is 342 g/mol. The van der Waals surface area contributed by atoms with Crippen molar-refractivity contribution in [3.8, 4) is 17.0 Å². The molecule has 0 fully saturated rings. The molecule has 0 saturated heterocycles. The molecular formula is C20H17N5O2. The van der Waals surface area contributed by atoms with Crippen molar-refractivity contribution in [3.05, 3.63) is 72.6 Å². The molecule has 1 amide bonds. The molecule has 0 spiro atoms. The number of ether oxygens (including phenoxy) is 1. The van der Waals surface area contributed by atoms with E-state index < -0.39 is 0 Å². The van der Waals surface area contributed by atoms with Crippen molar-refractivity contribution in [3.63, 3.8) is 0 Å². The van der Waals surface area contributed by atoms with Gasteiger partial charge in [0.1, 0.15) is 12.1 Å². The quantitative estimate of drug-likeness (QED) is 0.592. The number of para-hydroxylation sites is 1. The zero-order valence-corrected chi connectivity index (χ0v) is 14.7. The summed E-state index contributed by atoms with van der Waals surface area (Å²) in [6, 6.07) is 18.8. The molecule has 2 aromatic heterocycles. The summed E-state index contributed by atoms with van der Waals surface area (Å²) >= 11 is 0. The number of hydrogen-bond acceptors (Lipinski definition) is 5. The second-order valence-electron chi connectivity index (χ2n) is 5.97. The van der Waals surface area contributed by atoms with Gasteiger partial charge >= 0.3 is 0 Å². The second-order valence-corrected chi connectivity index (χ2v) is 5.97. The number of hydrogen-bond donors (Lipinski definition) is 1. The molecule has 0 radical (unpaired) electrons. The van der Waals surface area contributed by atoms with E-state index in [2.05, 4.69) is 20.6 Å². The van der Waals surface area contributed by atoms with E-state index >= 15 is 0 Å². The maximum atomic E-state index is 12.4. The number of nitrogens with one attached hydrogen (secondary N) is 1. The van der Waals surface area contributed by atoms with Crippen LogP contribution < -0.4 is 10.1 Å². The zero-order chi connectivity index (χ0) is 18.6. The van der Waals surface area contributed by atoms with Crippen LogP contribution in [0.5, 0.6) is 5.75 Å². The van der Waals surface area contributed by atoms with Gasteiger partial charge in [-0.2, -0.15) is 9.61 Å². The monoisotopic (exact) mass is 359 g/mol. The molecule has 0 unspecified atom stereocenters. The van der Waals surface area contributed by atoms with Crippen molar-refractivity contribution < 1.29 is 9.53 Å². The Kier molecular flexibility index (Phi) is 4.49. The van der Waals surface area contributed by atoms with Gasteiger partial charge in [0.2, 0.25) is 5.91 Å². The van der Waals surface area contributed by atoms with Crippen LogP contribution in [-0.2, 0) is 11.2 Å². The van der Waals surface area contributed by atoms with E-state index in [4.69, 9.17) is 4.74 Å². The highest BCUT2D eigenvalue weighted by Crippen LogP contribution is 2.22. The van der Waals surface area contributed by atoms with Gasteiger partial charge in [-0.05, 0) is 30.3 Å². The highest BCUT2D eigenvalue weighted by atomic mass is 16.5. The summed E-state index contributed by atoms with van der Waals surface area (Å²) in [5.74, 6) is 0.590. The van der Waals surface area contributed by atoms with E-state index in [1.165, 1.54) is 0 Å². The summed E-state index contributed by atoms with van der Waals surface area (Å²) < 4.78 is 6.91. The Bertz CT molecular complexity index is 1110. The van der Waals surface area contributed by atoms with E-state index in [0.717, 1.165) is 16.8 Å². The molecule has 0 aliphatic carbocycles. The molecule has 2 aromatic carbocycles. The van der Waals surface area contributed by atoms with Crippen molar-refractivity contribution in [1.29, 1.82) is 0 Å². The maximum Gasteiger partial charge on any atom is 0.228 e. The minimum absolute atomic E-state index is 0.112. The Morgan fingerprint density at radius 2 is 2.00 bits per heavy atom. The lowest BCUT2D eigenvalue weighted by molar-refractivity contribution is -0.115. The predicted molar refractivity (Wildman–Crippen MR) is 102 cm³/mol. The van der Waals surface area contributed by atoms with Crippen LogP contribution in [0.2, 0.25) is 0 Å². The summed E-state index contributed by atoms with van der Waals surface area (Å²) in [6.07, 6.45) is 1.79. The fourth-order valence-electron chi connectivity index (χ4n) is 2.87. The molecule has 7 heteroatoms. The molecule has 1 N–H and O–H groups in total. The van der Waals surface area contributed by atoms with E-state index in [0.29, 0.717) is 17.1 Å². The Morgan fingerprint density at radius 3 is 2.89 bits per heavy atom. The van der Waals surface area contributed by atoms with Gasteiger partial charge in [0, 0.05) is 16.8 Å². The molecule has 0 bridgehead atoms. The number of methoxy groups -OCH3 is 1. The predicted octanol–water partition coefficient (Wildman–Crippen LogP) is 2.98. The zero-order valence-electron chi connectivity index (χ0n) is 14.7. The molecule has 4 rings (SSSR count). The third-order valence-electron chi connectivity index (χ3n) is 4.15. The van der Waals surface area contributed by atoms with E-state index in [9.17, 15) is 4.79 Å². The first kappa shape index (κ1) is 16.7. The molecule has 0 saturated carbocycles. The number of carbonyl (C=O) groups is 1. The average Bonchev–Trinajstić information content (AvgIpc) is 3.16. The van der Waals surface area contributed by atoms with Crippen molar-refractivity contribution in [2.24, 2.45) is 0 Å². The number of amides is 1. The summed E-state index contributed by atoms with van der Waals surface area (Å²) in [5, 5.41) is 15.2. The molecule has 27 heavy (non-hydrogen) atoms. The number of fused-ring (bicyclic) bond motifs is 1. The Balaban J connectivity index is 1.53. The van der Waals surface area contributed by atoms with E-state index in [1.807, 2.05) is 60.7 Å². The van der Waals surface area contributed by atoms with Crippen molar-refractivity contribution in [2.45, 2.75) is 6.42 Å². The molecule has 4 aromatic rings. The fraction of sp³-hybridized carbons (Fsp3) is 0.100. The maximum absolute atomic E-state index is 12.4. The highest BCUT2D eigenvalue weighted by molar-refractivity contribution is 5.93. The van der Waals surface area contributed by atoms with Crippen LogP contribution in [0.1, 0.15) is 5.56 Å². The summed E-state index contributed by atoms with van der Waals surface area (Å²) in [7, 11) is 1.60. The second kappa shape index (κ2) is 7.25. The largest absolute Gasteiger partial charge is 0.496 e.